The van der Waals surface area contributed by atoms with Crippen molar-refractivity contribution in [1.82, 2.24) is 19.9 Å². The maximum Gasteiger partial charge on any atom is 0.275 e. The predicted molar refractivity (Wildman–Crippen MR) is 100 cm³/mol. The van der Waals surface area contributed by atoms with E-state index in [9.17, 15) is 14.0 Å². The van der Waals surface area contributed by atoms with E-state index < -0.39 is 11.7 Å². The van der Waals surface area contributed by atoms with E-state index in [1.165, 1.54) is 40.1 Å². The minimum absolute atomic E-state index is 0.0114. The molecule has 0 radical (unpaired) electrons. The lowest BCUT2D eigenvalue weighted by Crippen LogP contribution is -2.26. The van der Waals surface area contributed by atoms with Crippen molar-refractivity contribution in [3.8, 4) is 10.6 Å². The van der Waals surface area contributed by atoms with Gasteiger partial charge in [0.2, 0.25) is 4.96 Å². The van der Waals surface area contributed by atoms with Crippen molar-refractivity contribution in [2.45, 2.75) is 6.54 Å². The van der Waals surface area contributed by atoms with Gasteiger partial charge in [0.25, 0.3) is 11.5 Å². The molecule has 1 amide bonds. The number of halogens is 1. The van der Waals surface area contributed by atoms with Crippen molar-refractivity contribution in [3.05, 3.63) is 88.1 Å². The molecule has 8 heteroatoms. The molecule has 6 nitrogen and oxygen atoms in total. The average Bonchev–Trinajstić information content (AvgIpc) is 3.12. The summed E-state index contributed by atoms with van der Waals surface area (Å²) in [6.45, 7) is 0.0114. The average molecular weight is 380 g/mol. The summed E-state index contributed by atoms with van der Waals surface area (Å²) in [6, 6.07) is 16.5. The zero-order chi connectivity index (χ0) is 18.8. The smallest absolute Gasteiger partial charge is 0.275 e. The van der Waals surface area contributed by atoms with Gasteiger partial charge in [-0.1, -0.05) is 53.8 Å². The van der Waals surface area contributed by atoms with Crippen LogP contribution in [0.4, 0.5) is 4.39 Å². The Morgan fingerprint density at radius 3 is 2.63 bits per heavy atom. The topological polar surface area (TPSA) is 76.4 Å². The van der Waals surface area contributed by atoms with Crippen LogP contribution in [-0.4, -0.2) is 20.5 Å². The monoisotopic (exact) mass is 380 g/mol. The van der Waals surface area contributed by atoms with Crippen molar-refractivity contribution in [2.75, 3.05) is 0 Å². The predicted octanol–water partition coefficient (Wildman–Crippen LogP) is 2.89. The van der Waals surface area contributed by atoms with Gasteiger partial charge in [0, 0.05) is 11.6 Å². The SMILES string of the molecule is O=C(NCc1cc(=O)n2nc(-c3ccccc3)sc2n1)c1ccccc1F. The zero-order valence-corrected chi connectivity index (χ0v) is 14.7. The van der Waals surface area contributed by atoms with Crippen LogP contribution in [0.15, 0.2) is 65.5 Å². The lowest BCUT2D eigenvalue weighted by atomic mass is 10.2. The molecule has 0 saturated heterocycles. The Labute approximate surface area is 156 Å². The van der Waals surface area contributed by atoms with Gasteiger partial charge in [0.15, 0.2) is 0 Å². The standard InChI is InChI=1S/C19H13FN4O2S/c20-15-9-5-4-8-14(15)17(26)21-11-13-10-16(25)24-19(22-13)27-18(23-24)12-6-2-1-3-7-12/h1-10H,11H2,(H,21,26). The second kappa shape index (κ2) is 7.08. The van der Waals surface area contributed by atoms with Gasteiger partial charge in [-0.3, -0.25) is 9.59 Å². The molecular formula is C19H13FN4O2S. The van der Waals surface area contributed by atoms with E-state index in [0.717, 1.165) is 5.56 Å². The fourth-order valence-electron chi connectivity index (χ4n) is 2.56. The van der Waals surface area contributed by atoms with Crippen LogP contribution in [-0.2, 0) is 6.54 Å². The molecule has 0 saturated carbocycles. The summed E-state index contributed by atoms with van der Waals surface area (Å²) in [5.74, 6) is -1.17. The first-order chi connectivity index (χ1) is 13.1. The summed E-state index contributed by atoms with van der Waals surface area (Å²) in [4.78, 5) is 29.2. The lowest BCUT2D eigenvalue weighted by Gasteiger charge is -2.05. The summed E-state index contributed by atoms with van der Waals surface area (Å²) < 4.78 is 14.9. The number of rotatable bonds is 4. The third kappa shape index (κ3) is 3.47. The first-order valence-corrected chi connectivity index (χ1v) is 8.91. The van der Waals surface area contributed by atoms with Crippen molar-refractivity contribution in [3.63, 3.8) is 0 Å². The zero-order valence-electron chi connectivity index (χ0n) is 13.9. The number of nitrogens with zero attached hydrogens (tertiary/aromatic N) is 3. The van der Waals surface area contributed by atoms with Gasteiger partial charge >= 0.3 is 0 Å². The molecular weight excluding hydrogens is 367 g/mol. The van der Waals surface area contributed by atoms with Gasteiger partial charge in [-0.25, -0.2) is 9.37 Å². The quantitative estimate of drug-likeness (QED) is 0.591. The van der Waals surface area contributed by atoms with Gasteiger partial charge < -0.3 is 5.32 Å². The second-order valence-electron chi connectivity index (χ2n) is 5.72. The van der Waals surface area contributed by atoms with Crippen LogP contribution in [0.2, 0.25) is 0 Å². The highest BCUT2D eigenvalue weighted by Crippen LogP contribution is 2.23. The van der Waals surface area contributed by atoms with E-state index in [4.69, 9.17) is 0 Å². The first kappa shape index (κ1) is 17.0. The molecule has 2 aromatic heterocycles. The number of nitrogens with one attached hydrogen (secondary N) is 1. The Morgan fingerprint density at radius 2 is 1.85 bits per heavy atom. The maximum atomic E-state index is 13.7. The summed E-state index contributed by atoms with van der Waals surface area (Å²) in [5.41, 5.74) is 0.878. The van der Waals surface area contributed by atoms with Crippen molar-refractivity contribution >= 4 is 22.2 Å². The van der Waals surface area contributed by atoms with E-state index in [1.807, 2.05) is 30.3 Å². The highest BCUT2D eigenvalue weighted by Gasteiger charge is 2.13. The molecule has 27 heavy (non-hydrogen) atoms. The third-order valence-corrected chi connectivity index (χ3v) is 4.82. The van der Waals surface area contributed by atoms with Crippen molar-refractivity contribution in [2.24, 2.45) is 0 Å². The van der Waals surface area contributed by atoms with Crippen LogP contribution < -0.4 is 10.9 Å². The van der Waals surface area contributed by atoms with Gasteiger partial charge in [0.05, 0.1) is 17.8 Å². The summed E-state index contributed by atoms with van der Waals surface area (Å²) in [5, 5.41) is 7.56. The molecule has 0 aliphatic carbocycles. The Hall–Kier alpha value is -3.39. The van der Waals surface area contributed by atoms with Gasteiger partial charge in [-0.05, 0) is 12.1 Å². The number of benzene rings is 2. The summed E-state index contributed by atoms with van der Waals surface area (Å²) in [6.07, 6.45) is 0. The second-order valence-corrected chi connectivity index (χ2v) is 6.67. The molecule has 4 aromatic rings. The molecule has 0 spiro atoms. The Balaban J connectivity index is 1.59. The van der Waals surface area contributed by atoms with E-state index in [-0.39, 0.29) is 17.7 Å². The van der Waals surface area contributed by atoms with Crippen LogP contribution in [0.1, 0.15) is 16.1 Å². The molecule has 134 valence electrons. The molecule has 0 aliphatic rings. The van der Waals surface area contributed by atoms with Gasteiger partial charge in [0.1, 0.15) is 10.8 Å². The number of carbonyl (C=O) groups excluding carboxylic acids is 1. The van der Waals surface area contributed by atoms with E-state index >= 15 is 0 Å². The summed E-state index contributed by atoms with van der Waals surface area (Å²) in [7, 11) is 0. The third-order valence-electron chi connectivity index (χ3n) is 3.87. The molecule has 2 heterocycles. The van der Waals surface area contributed by atoms with Crippen LogP contribution >= 0.6 is 11.3 Å². The number of carbonyl (C=O) groups is 1. The molecule has 0 atom stereocenters. The number of aromatic nitrogens is 3. The molecule has 2 aromatic carbocycles. The molecule has 0 fully saturated rings. The Morgan fingerprint density at radius 1 is 1.11 bits per heavy atom. The van der Waals surface area contributed by atoms with E-state index in [1.54, 1.807) is 6.07 Å². The molecule has 1 N–H and O–H groups in total. The molecule has 4 rings (SSSR count). The van der Waals surface area contributed by atoms with E-state index in [0.29, 0.717) is 15.7 Å². The van der Waals surface area contributed by atoms with Crippen LogP contribution in [0, 0.1) is 5.82 Å². The lowest BCUT2D eigenvalue weighted by molar-refractivity contribution is 0.0946. The Bertz CT molecular complexity index is 1190. The Kier molecular flexibility index (Phi) is 4.47. The molecule has 0 bridgehead atoms. The fraction of sp³-hybridized carbons (Fsp3) is 0.0526. The molecule has 0 unspecified atom stereocenters. The van der Waals surface area contributed by atoms with Gasteiger partial charge in [-0.2, -0.15) is 9.61 Å². The van der Waals surface area contributed by atoms with Crippen LogP contribution in [0.25, 0.3) is 15.5 Å². The number of hydrogen-bond donors (Lipinski definition) is 1. The fourth-order valence-corrected chi connectivity index (χ4v) is 3.49. The van der Waals surface area contributed by atoms with Crippen LogP contribution in [0.5, 0.6) is 0 Å². The van der Waals surface area contributed by atoms with E-state index in [2.05, 4.69) is 15.4 Å². The minimum atomic E-state index is -0.603. The highest BCUT2D eigenvalue weighted by atomic mass is 32.1. The largest absolute Gasteiger partial charge is 0.346 e. The minimum Gasteiger partial charge on any atom is -0.346 e. The number of amides is 1. The van der Waals surface area contributed by atoms with Gasteiger partial charge in [-0.15, -0.1) is 0 Å². The van der Waals surface area contributed by atoms with Crippen LogP contribution in [0.3, 0.4) is 0 Å². The van der Waals surface area contributed by atoms with Crippen molar-refractivity contribution in [1.29, 1.82) is 0 Å². The molecule has 0 aliphatic heterocycles. The number of fused-ring (bicyclic) bond motifs is 1. The first-order valence-electron chi connectivity index (χ1n) is 8.10. The maximum absolute atomic E-state index is 13.7. The van der Waals surface area contributed by atoms with Crippen molar-refractivity contribution < 1.29 is 9.18 Å². The number of hydrogen-bond acceptors (Lipinski definition) is 5. The normalized spacial score (nSPS) is 10.9. The highest BCUT2D eigenvalue weighted by molar-refractivity contribution is 7.19. The summed E-state index contributed by atoms with van der Waals surface area (Å²) >= 11 is 1.28.